The number of hydrogen-bond acceptors (Lipinski definition) is 5. The summed E-state index contributed by atoms with van der Waals surface area (Å²) in [6, 6.07) is 14.7. The normalized spacial score (nSPS) is 18.2. The summed E-state index contributed by atoms with van der Waals surface area (Å²) in [5.74, 6) is 0.530. The fourth-order valence-electron chi connectivity index (χ4n) is 4.09. The molecule has 7 nitrogen and oxygen atoms in total. The molecule has 2 aliphatic heterocycles. The standard InChI is InChI=1S/C25H31N3O4/c29-24(17-26-22-11-2-3-12-23(22)32-18-21-10-7-15-31-21)27-20-9-6-8-19(16-20)25(30)28-13-4-1-5-14-28/h2-3,6,8-9,11-12,16,21,26H,1,4-5,7,10,13-15,17-18H2,(H,27,29). The lowest BCUT2D eigenvalue weighted by Crippen LogP contribution is -2.35. The van der Waals surface area contributed by atoms with Gasteiger partial charge in [0.25, 0.3) is 5.91 Å². The zero-order chi connectivity index (χ0) is 22.2. The van der Waals surface area contributed by atoms with E-state index in [1.54, 1.807) is 24.3 Å². The van der Waals surface area contributed by atoms with Crippen molar-refractivity contribution in [3.8, 4) is 5.75 Å². The van der Waals surface area contributed by atoms with Gasteiger partial charge >= 0.3 is 0 Å². The van der Waals surface area contributed by atoms with E-state index in [1.165, 1.54) is 6.42 Å². The number of rotatable bonds is 8. The van der Waals surface area contributed by atoms with Crippen molar-refractivity contribution in [1.82, 2.24) is 4.90 Å². The Morgan fingerprint density at radius 1 is 1.03 bits per heavy atom. The first-order valence-corrected chi connectivity index (χ1v) is 11.5. The molecule has 2 fully saturated rings. The number of anilines is 2. The molecule has 0 bridgehead atoms. The van der Waals surface area contributed by atoms with E-state index >= 15 is 0 Å². The van der Waals surface area contributed by atoms with Gasteiger partial charge in [-0.2, -0.15) is 0 Å². The second kappa shape index (κ2) is 11.0. The van der Waals surface area contributed by atoms with Gasteiger partial charge in [-0.25, -0.2) is 0 Å². The van der Waals surface area contributed by atoms with Crippen LogP contribution in [0.4, 0.5) is 11.4 Å². The van der Waals surface area contributed by atoms with Crippen molar-refractivity contribution in [3.05, 3.63) is 54.1 Å². The molecule has 4 rings (SSSR count). The molecule has 32 heavy (non-hydrogen) atoms. The maximum atomic E-state index is 12.7. The molecule has 2 aliphatic rings. The van der Waals surface area contributed by atoms with Crippen molar-refractivity contribution in [2.75, 3.05) is 43.5 Å². The fourth-order valence-corrected chi connectivity index (χ4v) is 4.09. The molecular formula is C25H31N3O4. The average Bonchev–Trinajstić information content (AvgIpc) is 3.36. The van der Waals surface area contributed by atoms with Crippen LogP contribution in [0, 0.1) is 0 Å². The minimum Gasteiger partial charge on any atom is -0.489 e. The average molecular weight is 438 g/mol. The van der Waals surface area contributed by atoms with Gasteiger partial charge < -0.3 is 25.0 Å². The molecule has 0 saturated carbocycles. The van der Waals surface area contributed by atoms with Crippen LogP contribution in [0.1, 0.15) is 42.5 Å². The molecule has 7 heteroatoms. The Bertz CT molecular complexity index is 921. The highest BCUT2D eigenvalue weighted by atomic mass is 16.5. The van der Waals surface area contributed by atoms with Crippen molar-refractivity contribution in [1.29, 1.82) is 0 Å². The van der Waals surface area contributed by atoms with Crippen LogP contribution < -0.4 is 15.4 Å². The zero-order valence-electron chi connectivity index (χ0n) is 18.3. The summed E-state index contributed by atoms with van der Waals surface area (Å²) in [5, 5.41) is 6.02. The van der Waals surface area contributed by atoms with Gasteiger partial charge in [0.1, 0.15) is 12.4 Å². The molecule has 0 radical (unpaired) electrons. The van der Waals surface area contributed by atoms with Crippen LogP contribution in [0.5, 0.6) is 5.75 Å². The number of carbonyl (C=O) groups excluding carboxylic acids is 2. The molecule has 2 heterocycles. The van der Waals surface area contributed by atoms with Crippen molar-refractivity contribution in [2.45, 2.75) is 38.2 Å². The number of piperidine rings is 1. The number of hydrogen-bond donors (Lipinski definition) is 2. The van der Waals surface area contributed by atoms with Crippen LogP contribution in [-0.4, -0.2) is 55.7 Å². The summed E-state index contributed by atoms with van der Waals surface area (Å²) in [6.45, 7) is 2.98. The highest BCUT2D eigenvalue weighted by molar-refractivity contribution is 5.98. The molecule has 0 aromatic heterocycles. The summed E-state index contributed by atoms with van der Waals surface area (Å²) in [6.07, 6.45) is 5.48. The molecule has 1 unspecified atom stereocenters. The number of likely N-dealkylation sites (tertiary alicyclic amines) is 1. The van der Waals surface area contributed by atoms with Crippen molar-refractivity contribution in [3.63, 3.8) is 0 Å². The Labute approximate surface area is 189 Å². The van der Waals surface area contributed by atoms with Crippen LogP contribution in [0.15, 0.2) is 48.5 Å². The van der Waals surface area contributed by atoms with E-state index in [-0.39, 0.29) is 24.5 Å². The minimum absolute atomic E-state index is 0.0243. The van der Waals surface area contributed by atoms with Crippen molar-refractivity contribution >= 4 is 23.2 Å². The SMILES string of the molecule is O=C(CNc1ccccc1OCC1CCCO1)Nc1cccc(C(=O)N2CCCCC2)c1. The lowest BCUT2D eigenvalue weighted by Gasteiger charge is -2.26. The van der Waals surface area contributed by atoms with Crippen molar-refractivity contribution < 1.29 is 19.1 Å². The third-order valence-electron chi connectivity index (χ3n) is 5.81. The Hall–Kier alpha value is -3.06. The number of ether oxygens (including phenoxy) is 2. The highest BCUT2D eigenvalue weighted by Crippen LogP contribution is 2.25. The van der Waals surface area contributed by atoms with Crippen LogP contribution in [0.25, 0.3) is 0 Å². The molecule has 2 amide bonds. The van der Waals surface area contributed by atoms with Gasteiger partial charge in [0, 0.05) is 30.9 Å². The number of benzene rings is 2. The van der Waals surface area contributed by atoms with E-state index in [9.17, 15) is 9.59 Å². The van der Waals surface area contributed by atoms with E-state index in [2.05, 4.69) is 10.6 Å². The van der Waals surface area contributed by atoms with E-state index in [4.69, 9.17) is 9.47 Å². The molecule has 2 aromatic rings. The second-order valence-corrected chi connectivity index (χ2v) is 8.28. The van der Waals surface area contributed by atoms with Crippen molar-refractivity contribution in [2.24, 2.45) is 0 Å². The van der Waals surface area contributed by atoms with Gasteiger partial charge in [-0.3, -0.25) is 9.59 Å². The summed E-state index contributed by atoms with van der Waals surface area (Å²) < 4.78 is 11.5. The third kappa shape index (κ3) is 6.01. The summed E-state index contributed by atoms with van der Waals surface area (Å²) in [4.78, 5) is 27.1. The van der Waals surface area contributed by atoms with Crippen LogP contribution in [-0.2, 0) is 9.53 Å². The first-order valence-electron chi connectivity index (χ1n) is 11.5. The fraction of sp³-hybridized carbons (Fsp3) is 0.440. The maximum Gasteiger partial charge on any atom is 0.253 e. The monoisotopic (exact) mass is 437 g/mol. The molecule has 0 spiro atoms. The molecule has 2 aromatic carbocycles. The molecule has 2 N–H and O–H groups in total. The maximum absolute atomic E-state index is 12.7. The van der Waals surface area contributed by atoms with E-state index < -0.39 is 0 Å². The number of para-hydroxylation sites is 2. The summed E-state index contributed by atoms with van der Waals surface area (Å²) in [5.41, 5.74) is 1.97. The molecule has 1 atom stereocenters. The predicted octanol–water partition coefficient (Wildman–Crippen LogP) is 3.92. The van der Waals surface area contributed by atoms with E-state index in [1.807, 2.05) is 29.2 Å². The third-order valence-corrected chi connectivity index (χ3v) is 5.81. The minimum atomic E-state index is -0.193. The Kier molecular flexibility index (Phi) is 7.61. The highest BCUT2D eigenvalue weighted by Gasteiger charge is 2.19. The first-order chi connectivity index (χ1) is 15.7. The lowest BCUT2D eigenvalue weighted by molar-refractivity contribution is -0.114. The number of carbonyl (C=O) groups is 2. The van der Waals surface area contributed by atoms with Crippen LogP contribution in [0.3, 0.4) is 0 Å². The number of nitrogens with zero attached hydrogens (tertiary/aromatic N) is 1. The van der Waals surface area contributed by atoms with Gasteiger partial charge in [0.2, 0.25) is 5.91 Å². The lowest BCUT2D eigenvalue weighted by atomic mass is 10.1. The van der Waals surface area contributed by atoms with Gasteiger partial charge in [0.05, 0.1) is 18.3 Å². The van der Waals surface area contributed by atoms with Gasteiger partial charge in [-0.15, -0.1) is 0 Å². The molecule has 0 aliphatic carbocycles. The van der Waals surface area contributed by atoms with Gasteiger partial charge in [0.15, 0.2) is 0 Å². The summed E-state index contributed by atoms with van der Waals surface area (Å²) >= 11 is 0. The Morgan fingerprint density at radius 3 is 2.69 bits per heavy atom. The van der Waals surface area contributed by atoms with E-state index in [0.717, 1.165) is 51.1 Å². The largest absolute Gasteiger partial charge is 0.489 e. The topological polar surface area (TPSA) is 79.9 Å². The van der Waals surface area contributed by atoms with Crippen LogP contribution in [0.2, 0.25) is 0 Å². The van der Waals surface area contributed by atoms with Gasteiger partial charge in [-0.1, -0.05) is 18.2 Å². The second-order valence-electron chi connectivity index (χ2n) is 8.28. The number of nitrogens with one attached hydrogen (secondary N) is 2. The molecule has 2 saturated heterocycles. The smallest absolute Gasteiger partial charge is 0.253 e. The summed E-state index contributed by atoms with van der Waals surface area (Å²) in [7, 11) is 0. The van der Waals surface area contributed by atoms with E-state index in [0.29, 0.717) is 23.6 Å². The molecule has 170 valence electrons. The zero-order valence-corrected chi connectivity index (χ0v) is 18.3. The first kappa shape index (κ1) is 22.1. The van der Waals surface area contributed by atoms with Gasteiger partial charge in [-0.05, 0) is 62.4 Å². The quantitative estimate of drug-likeness (QED) is 0.654. The Morgan fingerprint density at radius 2 is 1.88 bits per heavy atom. The molecular weight excluding hydrogens is 406 g/mol. The number of amides is 2. The Balaban J connectivity index is 1.30. The predicted molar refractivity (Wildman–Crippen MR) is 124 cm³/mol. The van der Waals surface area contributed by atoms with Crippen LogP contribution >= 0.6 is 0 Å².